The zero-order valence-corrected chi connectivity index (χ0v) is 18.5. The van der Waals surface area contributed by atoms with E-state index >= 15 is 0 Å². The molecule has 0 aliphatic carbocycles. The maximum Gasteiger partial charge on any atom is 0.279 e. The van der Waals surface area contributed by atoms with Crippen molar-refractivity contribution in [1.29, 1.82) is 0 Å². The molecule has 0 aliphatic heterocycles. The molecule has 0 radical (unpaired) electrons. The molecule has 1 aromatic heterocycles. The predicted molar refractivity (Wildman–Crippen MR) is 120 cm³/mol. The van der Waals surface area contributed by atoms with E-state index in [1.54, 1.807) is 19.2 Å². The number of rotatable bonds is 10. The number of carbonyl (C=O) groups is 1. The van der Waals surface area contributed by atoms with E-state index in [0.717, 1.165) is 34.6 Å². The zero-order valence-electron chi connectivity index (χ0n) is 17.7. The molecule has 0 unspecified atom stereocenters. The Morgan fingerprint density at radius 2 is 1.83 bits per heavy atom. The van der Waals surface area contributed by atoms with Crippen molar-refractivity contribution in [3.05, 3.63) is 52.8 Å². The molecule has 0 saturated heterocycles. The van der Waals surface area contributed by atoms with Crippen LogP contribution in [0.5, 0.6) is 11.5 Å². The standard InChI is InChI=1S/C23H28N2O4S/c1-4-6-14-29-18-9-7-17(8-10-18)22(26)24-23-25(13-15-28-5-2)20-12-11-19(27-3)16-21(20)30-23/h7-12,16H,4-6,13-15H2,1-3H3. The first-order valence-corrected chi connectivity index (χ1v) is 11.0. The van der Waals surface area contributed by atoms with Crippen LogP contribution in [0.25, 0.3) is 10.2 Å². The van der Waals surface area contributed by atoms with Crippen LogP contribution in [0.1, 0.15) is 37.0 Å². The van der Waals surface area contributed by atoms with Crippen molar-refractivity contribution in [2.24, 2.45) is 4.99 Å². The molecule has 0 fully saturated rings. The summed E-state index contributed by atoms with van der Waals surface area (Å²) in [6.07, 6.45) is 2.09. The molecule has 3 aromatic rings. The minimum Gasteiger partial charge on any atom is -0.497 e. The molecule has 0 N–H and O–H groups in total. The lowest BCUT2D eigenvalue weighted by molar-refractivity contribution is 0.0996. The Morgan fingerprint density at radius 1 is 1.07 bits per heavy atom. The van der Waals surface area contributed by atoms with E-state index in [-0.39, 0.29) is 5.91 Å². The number of aromatic nitrogens is 1. The molecule has 2 aromatic carbocycles. The number of unbranched alkanes of at least 4 members (excludes halogenated alkanes) is 1. The van der Waals surface area contributed by atoms with Crippen molar-refractivity contribution in [1.82, 2.24) is 4.57 Å². The minimum atomic E-state index is -0.279. The van der Waals surface area contributed by atoms with Crippen LogP contribution in [0.2, 0.25) is 0 Å². The average molecular weight is 429 g/mol. The van der Waals surface area contributed by atoms with E-state index < -0.39 is 0 Å². The van der Waals surface area contributed by atoms with Gasteiger partial charge >= 0.3 is 0 Å². The first kappa shape index (κ1) is 22.1. The minimum absolute atomic E-state index is 0.279. The van der Waals surface area contributed by atoms with E-state index in [1.165, 1.54) is 11.3 Å². The summed E-state index contributed by atoms with van der Waals surface area (Å²) in [5, 5.41) is 0. The number of benzene rings is 2. The number of thiazole rings is 1. The van der Waals surface area contributed by atoms with Gasteiger partial charge in [0.2, 0.25) is 0 Å². The Hall–Kier alpha value is -2.64. The maximum atomic E-state index is 12.8. The van der Waals surface area contributed by atoms with Crippen LogP contribution in [0.15, 0.2) is 47.5 Å². The van der Waals surface area contributed by atoms with E-state index in [4.69, 9.17) is 14.2 Å². The molecule has 1 amide bonds. The highest BCUT2D eigenvalue weighted by Crippen LogP contribution is 2.23. The van der Waals surface area contributed by atoms with Gasteiger partial charge in [0.1, 0.15) is 11.5 Å². The lowest BCUT2D eigenvalue weighted by Gasteiger charge is -2.06. The Morgan fingerprint density at radius 3 is 2.53 bits per heavy atom. The molecule has 0 aliphatic rings. The van der Waals surface area contributed by atoms with Crippen LogP contribution in [0.4, 0.5) is 0 Å². The van der Waals surface area contributed by atoms with Crippen molar-refractivity contribution >= 4 is 27.5 Å². The van der Waals surface area contributed by atoms with Gasteiger partial charge < -0.3 is 18.8 Å². The van der Waals surface area contributed by atoms with Crippen molar-refractivity contribution in [3.63, 3.8) is 0 Å². The molecule has 7 heteroatoms. The Labute approximate surface area is 180 Å². The summed E-state index contributed by atoms with van der Waals surface area (Å²) in [7, 11) is 1.64. The summed E-state index contributed by atoms with van der Waals surface area (Å²) >= 11 is 1.47. The average Bonchev–Trinajstić information content (AvgIpc) is 3.10. The van der Waals surface area contributed by atoms with E-state index in [1.807, 2.05) is 41.8 Å². The van der Waals surface area contributed by atoms with Crippen LogP contribution >= 0.6 is 11.3 Å². The van der Waals surface area contributed by atoms with E-state index in [9.17, 15) is 4.79 Å². The molecule has 6 nitrogen and oxygen atoms in total. The summed E-state index contributed by atoms with van der Waals surface area (Å²) in [4.78, 5) is 17.9. The summed E-state index contributed by atoms with van der Waals surface area (Å²) in [6, 6.07) is 13.0. The number of amides is 1. The molecule has 0 atom stereocenters. The second kappa shape index (κ2) is 10.9. The largest absolute Gasteiger partial charge is 0.497 e. The molecule has 0 spiro atoms. The number of ether oxygens (including phenoxy) is 3. The lowest BCUT2D eigenvalue weighted by Crippen LogP contribution is -2.19. The van der Waals surface area contributed by atoms with Gasteiger partial charge in [-0.05, 0) is 55.8 Å². The third-order valence-electron chi connectivity index (χ3n) is 4.62. The van der Waals surface area contributed by atoms with Gasteiger partial charge in [0, 0.05) is 18.7 Å². The summed E-state index contributed by atoms with van der Waals surface area (Å²) in [5.41, 5.74) is 1.54. The number of methoxy groups -OCH3 is 1. The topological polar surface area (TPSA) is 62.0 Å². The molecule has 3 rings (SSSR count). The highest BCUT2D eigenvalue weighted by Gasteiger charge is 2.11. The monoisotopic (exact) mass is 428 g/mol. The number of fused-ring (bicyclic) bond motifs is 1. The Balaban J connectivity index is 1.89. The highest BCUT2D eigenvalue weighted by atomic mass is 32.1. The number of hydrogen-bond acceptors (Lipinski definition) is 5. The van der Waals surface area contributed by atoms with Gasteiger partial charge in [-0.3, -0.25) is 4.79 Å². The third kappa shape index (κ3) is 5.49. The molecule has 160 valence electrons. The normalized spacial score (nSPS) is 11.8. The Kier molecular flexibility index (Phi) is 8.04. The van der Waals surface area contributed by atoms with Gasteiger partial charge in [-0.1, -0.05) is 24.7 Å². The van der Waals surface area contributed by atoms with Gasteiger partial charge in [-0.25, -0.2) is 0 Å². The smallest absolute Gasteiger partial charge is 0.279 e. The van der Waals surface area contributed by atoms with Crippen molar-refractivity contribution in [3.8, 4) is 11.5 Å². The van der Waals surface area contributed by atoms with Crippen molar-refractivity contribution in [2.75, 3.05) is 26.9 Å². The zero-order chi connectivity index (χ0) is 21.3. The van der Waals surface area contributed by atoms with Crippen LogP contribution in [0, 0.1) is 0 Å². The number of carbonyl (C=O) groups excluding carboxylic acids is 1. The Bertz CT molecular complexity index is 1040. The van der Waals surface area contributed by atoms with Crippen molar-refractivity contribution in [2.45, 2.75) is 33.2 Å². The van der Waals surface area contributed by atoms with Crippen LogP contribution in [0.3, 0.4) is 0 Å². The molecule has 30 heavy (non-hydrogen) atoms. The first-order chi connectivity index (χ1) is 14.7. The van der Waals surface area contributed by atoms with Crippen LogP contribution in [-0.2, 0) is 11.3 Å². The van der Waals surface area contributed by atoms with Crippen LogP contribution in [-0.4, -0.2) is 37.4 Å². The van der Waals surface area contributed by atoms with Gasteiger partial charge in [0.15, 0.2) is 4.80 Å². The van der Waals surface area contributed by atoms with Gasteiger partial charge in [0.05, 0.1) is 30.5 Å². The summed E-state index contributed by atoms with van der Waals surface area (Å²) in [6.45, 7) is 6.59. The second-order valence-electron chi connectivity index (χ2n) is 6.71. The summed E-state index contributed by atoms with van der Waals surface area (Å²) in [5.74, 6) is 1.26. The van der Waals surface area contributed by atoms with Gasteiger partial charge in [0.25, 0.3) is 5.91 Å². The first-order valence-electron chi connectivity index (χ1n) is 10.2. The predicted octanol–water partition coefficient (Wildman–Crippen LogP) is 4.67. The fourth-order valence-corrected chi connectivity index (χ4v) is 4.04. The second-order valence-corrected chi connectivity index (χ2v) is 7.72. The van der Waals surface area contributed by atoms with E-state index in [2.05, 4.69) is 11.9 Å². The van der Waals surface area contributed by atoms with E-state index in [0.29, 0.717) is 36.7 Å². The quantitative estimate of drug-likeness (QED) is 0.440. The third-order valence-corrected chi connectivity index (χ3v) is 5.66. The summed E-state index contributed by atoms with van der Waals surface area (Å²) < 4.78 is 19.5. The molecule has 1 heterocycles. The molecular formula is C23H28N2O4S. The van der Waals surface area contributed by atoms with Crippen molar-refractivity contribution < 1.29 is 19.0 Å². The molecule has 0 saturated carbocycles. The maximum absolute atomic E-state index is 12.8. The van der Waals surface area contributed by atoms with Gasteiger partial charge in [-0.15, -0.1) is 0 Å². The lowest BCUT2D eigenvalue weighted by atomic mass is 10.2. The van der Waals surface area contributed by atoms with Crippen LogP contribution < -0.4 is 14.3 Å². The van der Waals surface area contributed by atoms with Gasteiger partial charge in [-0.2, -0.15) is 4.99 Å². The molecule has 0 bridgehead atoms. The molecular weight excluding hydrogens is 400 g/mol. The fraction of sp³-hybridized carbons (Fsp3) is 0.391. The SMILES string of the molecule is CCCCOc1ccc(C(=O)N=c2sc3cc(OC)ccc3n2CCOCC)cc1. The number of hydrogen-bond donors (Lipinski definition) is 0. The highest BCUT2D eigenvalue weighted by molar-refractivity contribution is 7.16. The number of nitrogens with zero attached hydrogens (tertiary/aromatic N) is 2. The fourth-order valence-electron chi connectivity index (χ4n) is 2.96.